The van der Waals surface area contributed by atoms with Crippen molar-refractivity contribution < 1.29 is 29.0 Å². The van der Waals surface area contributed by atoms with Gasteiger partial charge in [-0.15, -0.1) is 0 Å². The van der Waals surface area contributed by atoms with Gasteiger partial charge < -0.3 is 31.1 Å². The summed E-state index contributed by atoms with van der Waals surface area (Å²) in [6, 6.07) is 8.77. The molecule has 43 heavy (non-hydrogen) atoms. The van der Waals surface area contributed by atoms with Gasteiger partial charge in [0, 0.05) is 18.0 Å². The summed E-state index contributed by atoms with van der Waals surface area (Å²) in [5.74, 6) is 0.143. The molecule has 5 atom stereocenters. The van der Waals surface area contributed by atoms with Gasteiger partial charge in [-0.2, -0.15) is 0 Å². The average Bonchev–Trinajstić information content (AvgIpc) is 3.67. The first kappa shape index (κ1) is 37.9. The van der Waals surface area contributed by atoms with Gasteiger partial charge >= 0.3 is 6.09 Å². The van der Waals surface area contributed by atoms with E-state index in [0.29, 0.717) is 24.7 Å². The number of carbonyl (C=O) groups excluding carboxylic acids is 4. The molecule has 1 aliphatic heterocycles. The molecule has 1 heterocycles. The molecule has 1 aromatic rings. The summed E-state index contributed by atoms with van der Waals surface area (Å²) in [6.45, 7) is 18.6. The number of alkyl carbamates (subject to hydrolysis) is 1. The fourth-order valence-corrected chi connectivity index (χ4v) is 5.07. The monoisotopic (exact) mass is 604 g/mol. The zero-order valence-corrected chi connectivity index (χ0v) is 27.7. The van der Waals surface area contributed by atoms with Crippen molar-refractivity contribution in [2.45, 2.75) is 130 Å². The SMILES string of the molecule is CC1C[C@@H](C)CN1C(=O)[C@@H](NC(=O)OC(C)(C)C)C(C)(C)c1ccccc1.CCC.NC(=O)C(O)C(CC1CC1)NC=O. The molecule has 5 N–H and O–H groups in total. The normalized spacial score (nSPS) is 20.2. The van der Waals surface area contributed by atoms with Crippen molar-refractivity contribution in [2.24, 2.45) is 17.6 Å². The van der Waals surface area contributed by atoms with E-state index in [1.165, 1.54) is 6.42 Å². The van der Waals surface area contributed by atoms with Gasteiger partial charge in [0.05, 0.1) is 6.04 Å². The number of aliphatic hydroxyl groups is 1. The lowest BCUT2D eigenvalue weighted by atomic mass is 9.77. The minimum atomic E-state index is -1.27. The lowest BCUT2D eigenvalue weighted by Gasteiger charge is -2.38. The molecule has 0 radical (unpaired) electrons. The van der Waals surface area contributed by atoms with Crippen molar-refractivity contribution in [3.8, 4) is 0 Å². The fraction of sp³-hybridized carbons (Fsp3) is 0.697. The zero-order valence-electron chi connectivity index (χ0n) is 27.7. The van der Waals surface area contributed by atoms with Gasteiger partial charge in [0.2, 0.25) is 18.2 Å². The van der Waals surface area contributed by atoms with Gasteiger partial charge in [0.1, 0.15) is 11.6 Å². The molecular weight excluding hydrogens is 548 g/mol. The summed E-state index contributed by atoms with van der Waals surface area (Å²) in [5.41, 5.74) is 4.71. The third-order valence-electron chi connectivity index (χ3n) is 7.45. The Balaban J connectivity index is 0.000000480. The van der Waals surface area contributed by atoms with Gasteiger partial charge in [-0.05, 0) is 57.9 Å². The third kappa shape index (κ3) is 12.9. The molecule has 4 amide bonds. The van der Waals surface area contributed by atoms with Gasteiger partial charge in [-0.1, -0.05) is 84.2 Å². The number of benzene rings is 1. The van der Waals surface area contributed by atoms with Crippen molar-refractivity contribution in [2.75, 3.05) is 6.54 Å². The molecule has 10 nitrogen and oxygen atoms in total. The topological polar surface area (TPSA) is 151 Å². The van der Waals surface area contributed by atoms with Crippen molar-refractivity contribution >= 4 is 24.3 Å². The van der Waals surface area contributed by atoms with Crippen LogP contribution in [0.1, 0.15) is 100.0 Å². The van der Waals surface area contributed by atoms with Crippen LogP contribution in [-0.2, 0) is 24.5 Å². The molecule has 244 valence electrons. The maximum atomic E-state index is 13.5. The van der Waals surface area contributed by atoms with Gasteiger partial charge in [0.25, 0.3) is 0 Å². The third-order valence-corrected chi connectivity index (χ3v) is 7.45. The molecule has 10 heteroatoms. The minimum Gasteiger partial charge on any atom is -0.444 e. The molecule has 1 aliphatic carbocycles. The fourth-order valence-electron chi connectivity index (χ4n) is 5.07. The highest BCUT2D eigenvalue weighted by molar-refractivity contribution is 5.88. The number of nitrogens with zero attached hydrogens (tertiary/aromatic N) is 1. The second kappa shape index (κ2) is 17.2. The van der Waals surface area contributed by atoms with Crippen LogP contribution in [0, 0.1) is 11.8 Å². The summed E-state index contributed by atoms with van der Waals surface area (Å²) in [7, 11) is 0. The number of hydrogen-bond donors (Lipinski definition) is 4. The van der Waals surface area contributed by atoms with Crippen LogP contribution in [0.2, 0.25) is 0 Å². The lowest BCUT2D eigenvalue weighted by molar-refractivity contribution is -0.135. The van der Waals surface area contributed by atoms with E-state index in [0.717, 1.165) is 31.4 Å². The van der Waals surface area contributed by atoms with Crippen LogP contribution in [0.3, 0.4) is 0 Å². The van der Waals surface area contributed by atoms with Crippen molar-refractivity contribution in [1.82, 2.24) is 15.5 Å². The van der Waals surface area contributed by atoms with Crippen LogP contribution in [0.4, 0.5) is 4.79 Å². The van der Waals surface area contributed by atoms with Crippen molar-refractivity contribution in [1.29, 1.82) is 0 Å². The summed E-state index contributed by atoms with van der Waals surface area (Å²) in [4.78, 5) is 48.7. The second-order valence-electron chi connectivity index (χ2n) is 13.5. The number of nitrogens with two attached hydrogens (primary N) is 1. The van der Waals surface area contributed by atoms with E-state index in [2.05, 4.69) is 38.3 Å². The Bertz CT molecular complexity index is 1020. The number of aliphatic hydroxyl groups excluding tert-OH is 1. The predicted octanol–water partition coefficient (Wildman–Crippen LogP) is 4.28. The van der Waals surface area contributed by atoms with Gasteiger partial charge in [-0.25, -0.2) is 4.79 Å². The number of rotatable bonds is 10. The Morgan fingerprint density at radius 1 is 1.09 bits per heavy atom. The number of ether oxygens (including phenoxy) is 1. The number of carbonyl (C=O) groups is 4. The summed E-state index contributed by atoms with van der Waals surface area (Å²) in [5, 5.41) is 14.6. The van der Waals surface area contributed by atoms with E-state index < -0.39 is 41.2 Å². The van der Waals surface area contributed by atoms with Crippen LogP contribution < -0.4 is 16.4 Å². The standard InChI is InChI=1S/C22H34N2O3.C8H14N2O3.C3H8/c1-15-13-16(2)24(14-15)19(25)18(23-20(26)27-21(3,4)5)22(6,7)17-11-9-8-10-12-17;9-8(13)7(12)6(10-4-11)3-5-1-2-5;1-3-2/h8-12,15-16,18H,13-14H2,1-7H3,(H,23,26);4-7,12H,1-3H2,(H2,9,13)(H,10,11);3H2,1-2H3/t15-,16?,18-;;/m1../s1. The van der Waals surface area contributed by atoms with Crippen LogP contribution in [0.5, 0.6) is 0 Å². The number of likely N-dealkylation sites (tertiary alicyclic amines) is 1. The largest absolute Gasteiger partial charge is 0.444 e. The van der Waals surface area contributed by atoms with E-state index >= 15 is 0 Å². The molecule has 2 aliphatic rings. The highest BCUT2D eigenvalue weighted by atomic mass is 16.6. The average molecular weight is 605 g/mol. The maximum Gasteiger partial charge on any atom is 0.408 e. The Morgan fingerprint density at radius 2 is 1.65 bits per heavy atom. The van der Waals surface area contributed by atoms with Crippen LogP contribution in [0.15, 0.2) is 30.3 Å². The molecule has 2 fully saturated rings. The van der Waals surface area contributed by atoms with Crippen LogP contribution >= 0.6 is 0 Å². The summed E-state index contributed by atoms with van der Waals surface area (Å²) >= 11 is 0. The number of nitrogens with one attached hydrogen (secondary N) is 2. The quantitative estimate of drug-likeness (QED) is 0.293. The summed E-state index contributed by atoms with van der Waals surface area (Å²) < 4.78 is 5.44. The van der Waals surface area contributed by atoms with E-state index in [-0.39, 0.29) is 11.9 Å². The first-order valence-electron chi connectivity index (χ1n) is 15.5. The van der Waals surface area contributed by atoms with E-state index in [1.807, 2.05) is 69.9 Å². The Morgan fingerprint density at radius 3 is 2.07 bits per heavy atom. The number of amides is 4. The first-order valence-corrected chi connectivity index (χ1v) is 15.5. The lowest BCUT2D eigenvalue weighted by Crippen LogP contribution is -2.58. The molecule has 0 aromatic heterocycles. The van der Waals surface area contributed by atoms with E-state index in [1.54, 1.807) is 0 Å². The Hall–Kier alpha value is -3.14. The Labute approximate surface area is 258 Å². The van der Waals surface area contributed by atoms with Gasteiger partial charge in [0.15, 0.2) is 6.10 Å². The molecule has 3 unspecified atom stereocenters. The van der Waals surface area contributed by atoms with Gasteiger partial charge in [-0.3, -0.25) is 14.4 Å². The smallest absolute Gasteiger partial charge is 0.408 e. The predicted molar refractivity (Wildman–Crippen MR) is 169 cm³/mol. The number of primary amides is 1. The maximum absolute atomic E-state index is 13.5. The zero-order chi connectivity index (χ0) is 33.0. The second-order valence-corrected chi connectivity index (χ2v) is 13.5. The molecule has 1 aromatic carbocycles. The molecular formula is C33H56N4O6. The summed E-state index contributed by atoms with van der Waals surface area (Å²) in [6.07, 6.45) is 3.71. The highest BCUT2D eigenvalue weighted by Gasteiger charge is 2.43. The van der Waals surface area contributed by atoms with Crippen LogP contribution in [-0.4, -0.2) is 70.7 Å². The minimum absolute atomic E-state index is 0.0495. The molecule has 1 saturated carbocycles. The Kier molecular flexibility index (Phi) is 15.2. The number of hydrogen-bond acceptors (Lipinski definition) is 6. The van der Waals surface area contributed by atoms with Crippen molar-refractivity contribution in [3.63, 3.8) is 0 Å². The van der Waals surface area contributed by atoms with Crippen molar-refractivity contribution in [3.05, 3.63) is 35.9 Å². The van der Waals surface area contributed by atoms with E-state index in [9.17, 15) is 24.3 Å². The highest BCUT2D eigenvalue weighted by Crippen LogP contribution is 2.34. The molecule has 0 bridgehead atoms. The molecule has 3 rings (SSSR count). The van der Waals surface area contributed by atoms with E-state index in [4.69, 9.17) is 10.5 Å². The first-order chi connectivity index (χ1) is 20.0. The van der Waals surface area contributed by atoms with Crippen LogP contribution in [0.25, 0.3) is 0 Å². The molecule has 1 saturated heterocycles. The molecule has 0 spiro atoms.